The highest BCUT2D eigenvalue weighted by atomic mass is 79.9. The van der Waals surface area contributed by atoms with Gasteiger partial charge in [-0.25, -0.2) is 0 Å². The normalized spacial score (nSPS) is 11.8. The maximum atomic E-state index is 12.6. The lowest BCUT2D eigenvalue weighted by Gasteiger charge is -2.13. The van der Waals surface area contributed by atoms with Crippen LogP contribution in [0.5, 0.6) is 5.75 Å². The van der Waals surface area contributed by atoms with E-state index in [9.17, 15) is 9.59 Å². The van der Waals surface area contributed by atoms with Gasteiger partial charge in [-0.1, -0.05) is 26.8 Å². The van der Waals surface area contributed by atoms with E-state index in [2.05, 4.69) is 40.4 Å². The minimum atomic E-state index is -0.251. The zero-order valence-corrected chi connectivity index (χ0v) is 19.0. The van der Waals surface area contributed by atoms with Gasteiger partial charge in [0.2, 0.25) is 0 Å². The van der Waals surface area contributed by atoms with Gasteiger partial charge in [0.05, 0.1) is 11.1 Å². The molecule has 6 heteroatoms. The van der Waals surface area contributed by atoms with Crippen LogP contribution in [-0.4, -0.2) is 24.5 Å². The summed E-state index contributed by atoms with van der Waals surface area (Å²) >= 11 is 3.47. The summed E-state index contributed by atoms with van der Waals surface area (Å²) in [6.07, 6.45) is 1.82. The number of rotatable bonds is 9. The summed E-state index contributed by atoms with van der Waals surface area (Å²) in [5.74, 6) is 0.882. The van der Waals surface area contributed by atoms with Gasteiger partial charge in [0.1, 0.15) is 5.75 Å². The number of amides is 2. The molecule has 2 rings (SSSR count). The smallest absolute Gasteiger partial charge is 0.255 e. The van der Waals surface area contributed by atoms with E-state index in [1.54, 1.807) is 42.5 Å². The van der Waals surface area contributed by atoms with Crippen molar-refractivity contribution in [3.63, 3.8) is 0 Å². The van der Waals surface area contributed by atoms with Gasteiger partial charge in [-0.2, -0.15) is 0 Å². The van der Waals surface area contributed by atoms with Gasteiger partial charge in [-0.3, -0.25) is 9.59 Å². The van der Waals surface area contributed by atoms with Crippen molar-refractivity contribution in [2.45, 2.75) is 46.6 Å². The van der Waals surface area contributed by atoms with Crippen LogP contribution in [-0.2, 0) is 0 Å². The molecule has 0 aliphatic heterocycles. The fourth-order valence-electron chi connectivity index (χ4n) is 2.51. The maximum Gasteiger partial charge on any atom is 0.255 e. The van der Waals surface area contributed by atoms with Gasteiger partial charge in [0.15, 0.2) is 0 Å². The highest BCUT2D eigenvalue weighted by Gasteiger charge is 2.12. The third-order valence-corrected chi connectivity index (χ3v) is 5.14. The number of ether oxygens (including phenoxy) is 1. The van der Waals surface area contributed by atoms with Crippen molar-refractivity contribution in [2.24, 2.45) is 5.92 Å². The molecule has 0 aromatic heterocycles. The average Bonchev–Trinajstić information content (AvgIpc) is 2.68. The molecule has 0 heterocycles. The molecule has 1 atom stereocenters. The first kappa shape index (κ1) is 22.9. The van der Waals surface area contributed by atoms with Gasteiger partial charge < -0.3 is 15.4 Å². The molecule has 2 aromatic carbocycles. The zero-order chi connectivity index (χ0) is 21.4. The Morgan fingerprint density at radius 1 is 1.03 bits per heavy atom. The summed E-state index contributed by atoms with van der Waals surface area (Å²) in [7, 11) is 0. The lowest BCUT2D eigenvalue weighted by atomic mass is 10.1. The number of anilines is 1. The third-order valence-electron chi connectivity index (χ3n) is 4.52. The second-order valence-electron chi connectivity index (χ2n) is 7.49. The van der Waals surface area contributed by atoms with Crippen LogP contribution in [0.3, 0.4) is 0 Å². The molecule has 156 valence electrons. The Morgan fingerprint density at radius 3 is 2.41 bits per heavy atom. The molecule has 0 spiro atoms. The topological polar surface area (TPSA) is 67.4 Å². The molecule has 2 N–H and O–H groups in total. The lowest BCUT2D eigenvalue weighted by molar-refractivity contribution is 0.0938. The number of halogens is 1. The number of nitrogens with one attached hydrogen (secondary N) is 2. The largest absolute Gasteiger partial charge is 0.492 e. The standard InChI is InChI=1S/C23H29BrN2O3/c1-5-16(4)25-22(27)17-7-6-8-19(13-17)26-23(28)18-9-10-21(20(24)14-18)29-12-11-15(2)3/h6-10,13-16H,5,11-12H2,1-4H3,(H,25,27)(H,26,28). The van der Waals surface area contributed by atoms with Gasteiger partial charge >= 0.3 is 0 Å². The van der Waals surface area contributed by atoms with Crippen molar-refractivity contribution in [3.05, 3.63) is 58.1 Å². The van der Waals surface area contributed by atoms with Crippen LogP contribution in [0.25, 0.3) is 0 Å². The highest BCUT2D eigenvalue weighted by molar-refractivity contribution is 9.10. The second-order valence-corrected chi connectivity index (χ2v) is 8.35. The zero-order valence-electron chi connectivity index (χ0n) is 17.4. The summed E-state index contributed by atoms with van der Waals surface area (Å²) in [4.78, 5) is 24.9. The Hall–Kier alpha value is -2.34. The fourth-order valence-corrected chi connectivity index (χ4v) is 3.01. The van der Waals surface area contributed by atoms with Gasteiger partial charge in [-0.05, 0) is 78.0 Å². The van der Waals surface area contributed by atoms with Crippen LogP contribution in [0.15, 0.2) is 46.9 Å². The predicted octanol–water partition coefficient (Wildman–Crippen LogP) is 5.65. The first-order valence-corrected chi connectivity index (χ1v) is 10.7. The SMILES string of the molecule is CCC(C)NC(=O)c1cccc(NC(=O)c2ccc(OCCC(C)C)c(Br)c2)c1. The molecule has 0 saturated carbocycles. The Labute approximate surface area is 181 Å². The molecule has 0 radical (unpaired) electrons. The van der Waals surface area contributed by atoms with Crippen LogP contribution >= 0.6 is 15.9 Å². The van der Waals surface area contributed by atoms with E-state index < -0.39 is 0 Å². The van der Waals surface area contributed by atoms with Crippen molar-refractivity contribution >= 4 is 33.4 Å². The van der Waals surface area contributed by atoms with Crippen LogP contribution in [0.1, 0.15) is 61.3 Å². The van der Waals surface area contributed by atoms with E-state index >= 15 is 0 Å². The van der Waals surface area contributed by atoms with Crippen LogP contribution in [0.4, 0.5) is 5.69 Å². The van der Waals surface area contributed by atoms with E-state index in [0.717, 1.165) is 17.3 Å². The van der Waals surface area contributed by atoms with E-state index in [1.165, 1.54) is 0 Å². The van der Waals surface area contributed by atoms with Crippen molar-refractivity contribution in [1.29, 1.82) is 0 Å². The first-order chi connectivity index (χ1) is 13.8. The molecular formula is C23H29BrN2O3. The minimum absolute atomic E-state index is 0.0966. The minimum Gasteiger partial charge on any atom is -0.492 e. The molecule has 0 bridgehead atoms. The van der Waals surface area contributed by atoms with Crippen molar-refractivity contribution < 1.29 is 14.3 Å². The van der Waals surface area contributed by atoms with Crippen molar-refractivity contribution in [3.8, 4) is 5.75 Å². The third kappa shape index (κ3) is 7.20. The first-order valence-electron chi connectivity index (χ1n) is 9.94. The summed E-state index contributed by atoms with van der Waals surface area (Å²) in [6, 6.07) is 12.3. The highest BCUT2D eigenvalue weighted by Crippen LogP contribution is 2.27. The molecule has 0 aliphatic rings. The molecule has 0 saturated heterocycles. The summed E-state index contributed by atoms with van der Waals surface area (Å²) in [5.41, 5.74) is 1.58. The van der Waals surface area contributed by atoms with Crippen molar-refractivity contribution in [2.75, 3.05) is 11.9 Å². The molecule has 2 aromatic rings. The predicted molar refractivity (Wildman–Crippen MR) is 121 cm³/mol. The van der Waals surface area contributed by atoms with Crippen LogP contribution in [0, 0.1) is 5.92 Å². The average molecular weight is 461 g/mol. The summed E-state index contributed by atoms with van der Waals surface area (Å²) < 4.78 is 6.49. The van der Waals surface area contributed by atoms with Crippen LogP contribution in [0.2, 0.25) is 0 Å². The second kappa shape index (κ2) is 11.0. The number of hydrogen-bond acceptors (Lipinski definition) is 3. The summed E-state index contributed by atoms with van der Waals surface area (Å²) in [5, 5.41) is 5.77. The quantitative estimate of drug-likeness (QED) is 0.507. The Balaban J connectivity index is 2.04. The molecule has 2 amide bonds. The Kier molecular flexibility index (Phi) is 8.70. The van der Waals surface area contributed by atoms with E-state index in [4.69, 9.17) is 4.74 Å². The fraction of sp³-hybridized carbons (Fsp3) is 0.391. The van der Waals surface area contributed by atoms with E-state index in [1.807, 2.05) is 13.8 Å². The molecular weight excluding hydrogens is 432 g/mol. The molecule has 29 heavy (non-hydrogen) atoms. The van der Waals surface area contributed by atoms with Gasteiger partial charge in [0.25, 0.3) is 11.8 Å². The van der Waals surface area contributed by atoms with Gasteiger partial charge in [0, 0.05) is 22.9 Å². The number of carbonyl (C=O) groups is 2. The number of benzene rings is 2. The van der Waals surface area contributed by atoms with Crippen molar-refractivity contribution in [1.82, 2.24) is 5.32 Å². The monoisotopic (exact) mass is 460 g/mol. The van der Waals surface area contributed by atoms with E-state index in [-0.39, 0.29) is 17.9 Å². The molecule has 1 unspecified atom stereocenters. The number of carbonyl (C=O) groups excluding carboxylic acids is 2. The van der Waals surface area contributed by atoms with E-state index in [0.29, 0.717) is 35.1 Å². The van der Waals surface area contributed by atoms with Crippen LogP contribution < -0.4 is 15.4 Å². The molecule has 0 aliphatic carbocycles. The number of hydrogen-bond donors (Lipinski definition) is 2. The lowest BCUT2D eigenvalue weighted by Crippen LogP contribution is -2.31. The molecule has 5 nitrogen and oxygen atoms in total. The van der Waals surface area contributed by atoms with Gasteiger partial charge in [-0.15, -0.1) is 0 Å². The Morgan fingerprint density at radius 2 is 1.76 bits per heavy atom. The maximum absolute atomic E-state index is 12.6. The summed E-state index contributed by atoms with van der Waals surface area (Å²) in [6.45, 7) is 8.90. The Bertz CT molecular complexity index is 852. The molecule has 0 fully saturated rings.